The number of hydrogen-bond donors (Lipinski definition) is 4. The molecule has 2 aromatic carbocycles. The predicted molar refractivity (Wildman–Crippen MR) is 208 cm³/mol. The molecule has 1 unspecified atom stereocenters. The summed E-state index contributed by atoms with van der Waals surface area (Å²) in [6.07, 6.45) is 4.99. The highest BCUT2D eigenvalue weighted by molar-refractivity contribution is 7.47. The Hall–Kier alpha value is -4.89. The van der Waals surface area contributed by atoms with Crippen molar-refractivity contribution in [2.75, 3.05) is 19.0 Å². The Morgan fingerprint density at radius 1 is 0.930 bits per heavy atom. The second-order valence-corrected chi connectivity index (χ2v) is 17.6. The topological polar surface area (TPSA) is 201 Å². The highest BCUT2D eigenvalue weighted by atomic mass is 31.2. The average molecular weight is 796 g/mol. The van der Waals surface area contributed by atoms with E-state index < -0.39 is 39.0 Å². The zero-order valence-electron chi connectivity index (χ0n) is 31.3. The van der Waals surface area contributed by atoms with Gasteiger partial charge in [0.25, 0.3) is 0 Å². The van der Waals surface area contributed by atoms with Crippen LogP contribution < -0.4 is 20.0 Å². The summed E-state index contributed by atoms with van der Waals surface area (Å²) in [6.45, 7) is 1.37. The van der Waals surface area contributed by atoms with Crippen LogP contribution in [-0.2, 0) is 13.8 Å². The number of nitrogens with zero attached hydrogens (tertiary/aromatic N) is 4. The van der Waals surface area contributed by atoms with E-state index in [0.29, 0.717) is 45.0 Å². The van der Waals surface area contributed by atoms with Crippen LogP contribution in [0.2, 0.25) is 0 Å². The lowest BCUT2D eigenvalue weighted by Crippen LogP contribution is -2.54. The first-order valence-corrected chi connectivity index (χ1v) is 20.7. The van der Waals surface area contributed by atoms with Gasteiger partial charge in [0.15, 0.2) is 28.6 Å². The summed E-state index contributed by atoms with van der Waals surface area (Å²) in [5, 5.41) is 26.5. The molecule has 1 saturated heterocycles. The number of hydrogen-bond acceptors (Lipinski definition) is 13. The van der Waals surface area contributed by atoms with E-state index in [9.17, 15) is 24.5 Å². The number of aromatic nitrogens is 4. The summed E-state index contributed by atoms with van der Waals surface area (Å²) in [5.74, 6) is 3.82. The van der Waals surface area contributed by atoms with Gasteiger partial charge >= 0.3 is 7.82 Å². The second kappa shape index (κ2) is 13.6. The van der Waals surface area contributed by atoms with E-state index in [-0.39, 0.29) is 16.7 Å². The van der Waals surface area contributed by atoms with Crippen molar-refractivity contribution in [3.8, 4) is 33.9 Å². The molecule has 5 aliphatic carbocycles. The third-order valence-corrected chi connectivity index (χ3v) is 13.3. The molecular formula is C41H42N5O10P. The Morgan fingerprint density at radius 3 is 2.40 bits per heavy atom. The maximum absolute atomic E-state index is 13.3. The van der Waals surface area contributed by atoms with E-state index in [1.54, 1.807) is 19.2 Å². The molecule has 4 saturated carbocycles. The van der Waals surface area contributed by atoms with Crippen molar-refractivity contribution in [2.45, 2.75) is 75.5 Å². The van der Waals surface area contributed by atoms with Crippen molar-refractivity contribution in [3.63, 3.8) is 0 Å². The predicted octanol–water partition coefficient (Wildman–Crippen LogP) is 6.22. The van der Waals surface area contributed by atoms with Gasteiger partial charge in [-0.2, -0.15) is 0 Å². The first kappa shape index (κ1) is 36.5. The van der Waals surface area contributed by atoms with Gasteiger partial charge in [0.2, 0.25) is 0 Å². The van der Waals surface area contributed by atoms with Crippen molar-refractivity contribution >= 4 is 35.8 Å². The Balaban J connectivity index is 0.860. The molecule has 2 aromatic heterocycles. The highest BCUT2D eigenvalue weighted by Gasteiger charge is 2.51. The Morgan fingerprint density at radius 2 is 1.67 bits per heavy atom. The molecule has 15 nitrogen and oxygen atoms in total. The molecule has 2 aliphatic heterocycles. The summed E-state index contributed by atoms with van der Waals surface area (Å²) in [4.78, 5) is 36.7. The first-order chi connectivity index (χ1) is 27.4. The molecule has 296 valence electrons. The van der Waals surface area contributed by atoms with Gasteiger partial charge in [0, 0.05) is 34.2 Å². The molecule has 11 rings (SSSR count). The Kier molecular flexibility index (Phi) is 8.70. The lowest BCUT2D eigenvalue weighted by atomic mass is 9.53. The van der Waals surface area contributed by atoms with E-state index in [1.165, 1.54) is 60.7 Å². The van der Waals surface area contributed by atoms with E-state index in [1.807, 2.05) is 25.1 Å². The summed E-state index contributed by atoms with van der Waals surface area (Å²) < 4.78 is 43.1. The number of aliphatic hydroxyl groups is 2. The van der Waals surface area contributed by atoms with E-state index >= 15 is 0 Å². The van der Waals surface area contributed by atoms with Crippen molar-refractivity contribution in [3.05, 3.63) is 83.0 Å². The lowest BCUT2D eigenvalue weighted by Gasteiger charge is -2.57. The standard InChI is InChI=1S/C41H42N5O10P/c1-21-9-26(52-2)4-7-28(21)34-29-6-3-25(47)13-31(29)54-32-14-27(5-8-30(32)34)56-57(50,51)53-18-33-36(48)37(49)40(55-33)46-20-44-35-38(42-19-43-39(35)46)45-41-15-22-10-23(16-41)12-24(11-22)17-41/h3-9,13-14,19-20,22-24,33,36-37,40,48-49H,10-12,15-18H2,1-2H3,(H,50,51)(H,42,43,45)/t22?,23?,24?,33-,36-,37-,40-,41?/m1/s1. The molecular weight excluding hydrogens is 753 g/mol. The summed E-state index contributed by atoms with van der Waals surface area (Å²) in [5.41, 5.74) is 4.30. The summed E-state index contributed by atoms with van der Waals surface area (Å²) in [6, 6.07) is 14.9. The number of phosphoric ester groups is 1. The molecule has 0 spiro atoms. The van der Waals surface area contributed by atoms with Crippen LogP contribution >= 0.6 is 7.82 Å². The van der Waals surface area contributed by atoms with Crippen LogP contribution in [0, 0.1) is 24.7 Å². The van der Waals surface area contributed by atoms with Crippen LogP contribution in [-0.4, -0.2) is 72.2 Å². The molecule has 7 aliphatic rings. The van der Waals surface area contributed by atoms with E-state index in [0.717, 1.165) is 53.7 Å². The number of aliphatic hydroxyl groups excluding tert-OH is 2. The summed E-state index contributed by atoms with van der Waals surface area (Å²) in [7, 11) is -3.22. The van der Waals surface area contributed by atoms with Gasteiger partial charge in [-0.3, -0.25) is 18.8 Å². The van der Waals surface area contributed by atoms with Crippen LogP contribution in [0.4, 0.5) is 5.82 Å². The largest absolute Gasteiger partial charge is 0.527 e. The molecule has 4 bridgehead atoms. The minimum absolute atomic E-state index is 0.0147. The van der Waals surface area contributed by atoms with E-state index in [4.69, 9.17) is 22.9 Å². The van der Waals surface area contributed by atoms with E-state index in [2.05, 4.69) is 20.3 Å². The molecule has 0 radical (unpaired) electrons. The van der Waals surface area contributed by atoms with Crippen LogP contribution in [0.3, 0.4) is 0 Å². The molecule has 57 heavy (non-hydrogen) atoms. The van der Waals surface area contributed by atoms with Gasteiger partial charge in [0.05, 0.1) is 20.0 Å². The number of nitrogens with one attached hydrogen (secondary N) is 1. The molecule has 5 fully saturated rings. The van der Waals surface area contributed by atoms with Crippen LogP contribution in [0.25, 0.3) is 44.6 Å². The quantitative estimate of drug-likeness (QED) is 0.0900. The minimum atomic E-state index is -4.81. The van der Waals surface area contributed by atoms with Gasteiger partial charge in [-0.05, 0) is 111 Å². The van der Waals surface area contributed by atoms with Gasteiger partial charge in [-0.15, -0.1) is 0 Å². The molecule has 0 amide bonds. The Bertz CT molecular complexity index is 2580. The summed E-state index contributed by atoms with van der Waals surface area (Å²) >= 11 is 0. The number of fused-ring (bicyclic) bond motifs is 3. The number of benzene rings is 3. The normalized spacial score (nSPS) is 29.0. The first-order valence-electron chi connectivity index (χ1n) is 19.2. The van der Waals surface area contributed by atoms with Crippen LogP contribution in [0.1, 0.15) is 50.3 Å². The van der Waals surface area contributed by atoms with Crippen molar-refractivity contribution in [1.82, 2.24) is 19.5 Å². The fourth-order valence-electron chi connectivity index (χ4n) is 10.3. The van der Waals surface area contributed by atoms with Crippen molar-refractivity contribution in [2.24, 2.45) is 17.8 Å². The maximum Gasteiger partial charge on any atom is 0.527 e. The lowest BCUT2D eigenvalue weighted by molar-refractivity contribution is -0.0501. The van der Waals surface area contributed by atoms with Crippen molar-refractivity contribution < 1.29 is 42.6 Å². The third-order valence-electron chi connectivity index (χ3n) is 12.4. The highest BCUT2D eigenvalue weighted by Crippen LogP contribution is 2.57. The zero-order valence-corrected chi connectivity index (χ0v) is 32.2. The minimum Gasteiger partial charge on any atom is -0.497 e. The van der Waals surface area contributed by atoms with Gasteiger partial charge in [-0.1, -0.05) is 6.07 Å². The Labute approximate surface area is 326 Å². The number of phosphoric acid groups is 1. The van der Waals surface area contributed by atoms with Crippen LogP contribution in [0.5, 0.6) is 11.5 Å². The maximum atomic E-state index is 13.3. The number of methoxy groups -OCH3 is 1. The number of imidazole rings is 1. The van der Waals surface area contributed by atoms with Gasteiger partial charge in [-0.25, -0.2) is 19.5 Å². The number of aryl methyl sites for hydroxylation is 1. The molecule has 4 heterocycles. The monoisotopic (exact) mass is 795 g/mol. The van der Waals surface area contributed by atoms with Crippen LogP contribution in [0.15, 0.2) is 76.5 Å². The molecule has 5 atom stereocenters. The fraction of sp³-hybridized carbons (Fsp3) is 0.415. The smallest absolute Gasteiger partial charge is 0.497 e. The molecule has 4 aromatic rings. The average Bonchev–Trinajstić information content (AvgIpc) is 3.72. The number of ether oxygens (including phenoxy) is 2. The fourth-order valence-corrected chi connectivity index (χ4v) is 11.1. The zero-order chi connectivity index (χ0) is 39.2. The van der Waals surface area contributed by atoms with Crippen molar-refractivity contribution in [1.29, 1.82) is 0 Å². The molecule has 16 heteroatoms. The second-order valence-electron chi connectivity index (χ2n) is 16.2. The number of rotatable bonds is 10. The SMILES string of the molecule is COc1ccc(-c2c3ccc(=O)cc-3oc3cc(OP(=O)(O)OC[C@H]4O[C@@H](n5cnc6c(NC78CC9CC(CC(C9)C7)C8)ncnc65)[C@H](O)[C@@H]4O)ccc23)c(C)c1. The van der Waals surface area contributed by atoms with Gasteiger partial charge in [0.1, 0.15) is 47.5 Å². The van der Waals surface area contributed by atoms with Gasteiger partial charge < -0.3 is 33.9 Å². The third kappa shape index (κ3) is 6.46. The molecule has 4 N–H and O–H groups in total. The number of anilines is 1.